The highest BCUT2D eigenvalue weighted by atomic mass is 35.5. The first-order valence-corrected chi connectivity index (χ1v) is 15.5. The number of carbonyl (C=O) groups excluding carboxylic acids is 1. The standard InChI is InChI=1S/C30H33Cl2N5O3S/c1-35(30(38)21-37(13-12-33)26-10-11-27(31)28(32)19-26)29(20-36-14-16-40-17-15-36)23-8-6-22(7-9-23)24-4-3-5-25(18-24)34-41(2)39/h3-11,18-19,29,34H,13-17,20-21H2,1-2H3. The molecule has 41 heavy (non-hydrogen) atoms. The Hall–Kier alpha value is -3.13. The van der Waals surface area contributed by atoms with E-state index in [4.69, 9.17) is 27.9 Å². The first-order chi connectivity index (χ1) is 19.7. The Morgan fingerprint density at radius 3 is 2.46 bits per heavy atom. The average molecular weight is 615 g/mol. The van der Waals surface area contributed by atoms with Crippen molar-refractivity contribution in [3.05, 3.63) is 82.3 Å². The van der Waals surface area contributed by atoms with Crippen LogP contribution in [0.15, 0.2) is 66.7 Å². The normalized spacial score (nSPS) is 15.0. The van der Waals surface area contributed by atoms with E-state index in [2.05, 4.69) is 15.7 Å². The molecule has 3 aromatic rings. The van der Waals surface area contributed by atoms with Gasteiger partial charge < -0.3 is 19.3 Å². The van der Waals surface area contributed by atoms with Crippen molar-refractivity contribution in [1.82, 2.24) is 9.80 Å². The van der Waals surface area contributed by atoms with Gasteiger partial charge in [-0.1, -0.05) is 59.6 Å². The summed E-state index contributed by atoms with van der Waals surface area (Å²) in [7, 11) is 0.646. The minimum Gasteiger partial charge on any atom is -0.379 e. The Morgan fingerprint density at radius 1 is 1.07 bits per heavy atom. The van der Waals surface area contributed by atoms with Gasteiger partial charge in [0.25, 0.3) is 0 Å². The van der Waals surface area contributed by atoms with E-state index in [1.807, 2.05) is 48.5 Å². The second-order valence-corrected chi connectivity index (χ2v) is 11.7. The van der Waals surface area contributed by atoms with Crippen molar-refractivity contribution >= 4 is 51.5 Å². The van der Waals surface area contributed by atoms with E-state index in [-0.39, 0.29) is 25.0 Å². The third-order valence-electron chi connectivity index (χ3n) is 7.00. The SMILES string of the molecule is CN(C(=O)CN(CC#N)c1ccc(Cl)c(Cl)c1)C(CN1CCOCC1)c1ccc(-c2cccc(NS(C)=O)c2)cc1. The van der Waals surface area contributed by atoms with Crippen molar-refractivity contribution in [2.75, 3.05) is 68.9 Å². The van der Waals surface area contributed by atoms with Gasteiger partial charge in [0.05, 0.1) is 41.9 Å². The number of benzene rings is 3. The number of nitrogens with zero attached hydrogens (tertiary/aromatic N) is 4. The highest BCUT2D eigenvalue weighted by Crippen LogP contribution is 2.29. The van der Waals surface area contributed by atoms with Crippen LogP contribution in [0.5, 0.6) is 0 Å². The number of likely N-dealkylation sites (N-methyl/N-ethyl adjacent to an activating group) is 1. The molecule has 0 radical (unpaired) electrons. The molecule has 0 bridgehead atoms. The molecule has 216 valence electrons. The molecular formula is C30H33Cl2N5O3S. The molecule has 2 atom stereocenters. The van der Waals surface area contributed by atoms with Gasteiger partial charge in [0.15, 0.2) is 0 Å². The van der Waals surface area contributed by atoms with Crippen LogP contribution in [0.3, 0.4) is 0 Å². The summed E-state index contributed by atoms with van der Waals surface area (Å²) in [6, 6.07) is 23.0. The minimum absolute atomic E-state index is 0.0122. The zero-order valence-electron chi connectivity index (χ0n) is 23.1. The summed E-state index contributed by atoms with van der Waals surface area (Å²) in [5.74, 6) is -0.125. The molecule has 0 aliphatic carbocycles. The van der Waals surface area contributed by atoms with Crippen LogP contribution in [-0.2, 0) is 20.5 Å². The van der Waals surface area contributed by atoms with Crippen LogP contribution in [0.2, 0.25) is 10.0 Å². The summed E-state index contributed by atoms with van der Waals surface area (Å²) in [5.41, 5.74) is 4.45. The number of carbonyl (C=O) groups is 1. The Morgan fingerprint density at radius 2 is 1.80 bits per heavy atom. The van der Waals surface area contributed by atoms with Gasteiger partial charge in [-0.05, 0) is 47.0 Å². The maximum Gasteiger partial charge on any atom is 0.242 e. The molecule has 1 heterocycles. The second-order valence-electron chi connectivity index (χ2n) is 9.81. The number of nitriles is 1. The predicted molar refractivity (Wildman–Crippen MR) is 167 cm³/mol. The number of hydrogen-bond donors (Lipinski definition) is 1. The minimum atomic E-state index is -1.16. The lowest BCUT2D eigenvalue weighted by molar-refractivity contribution is -0.131. The summed E-state index contributed by atoms with van der Waals surface area (Å²) < 4.78 is 20.1. The molecule has 0 saturated carbocycles. The number of amides is 1. The van der Waals surface area contributed by atoms with Crippen LogP contribution in [0, 0.1) is 11.3 Å². The Kier molecular flexibility index (Phi) is 11.0. The second kappa shape index (κ2) is 14.7. The number of ether oxygens (including phenoxy) is 1. The lowest BCUT2D eigenvalue weighted by atomic mass is 9.99. The first kappa shape index (κ1) is 30.8. The molecule has 8 nitrogen and oxygen atoms in total. The van der Waals surface area contributed by atoms with Gasteiger partial charge in [-0.2, -0.15) is 5.26 Å². The topological polar surface area (TPSA) is 88.9 Å². The molecule has 3 aromatic carbocycles. The van der Waals surface area contributed by atoms with E-state index in [1.165, 1.54) is 0 Å². The number of anilines is 2. The summed E-state index contributed by atoms with van der Waals surface area (Å²) in [6.07, 6.45) is 1.60. The highest BCUT2D eigenvalue weighted by molar-refractivity contribution is 7.85. The van der Waals surface area contributed by atoms with E-state index in [0.29, 0.717) is 35.5 Å². The van der Waals surface area contributed by atoms with Crippen molar-refractivity contribution in [2.24, 2.45) is 0 Å². The van der Waals surface area contributed by atoms with Crippen LogP contribution >= 0.6 is 23.2 Å². The average Bonchev–Trinajstić information content (AvgIpc) is 2.97. The fourth-order valence-corrected chi connectivity index (χ4v) is 5.51. The molecule has 11 heteroatoms. The summed E-state index contributed by atoms with van der Waals surface area (Å²) in [6.45, 7) is 3.58. The summed E-state index contributed by atoms with van der Waals surface area (Å²) in [4.78, 5) is 19.4. The van der Waals surface area contributed by atoms with Gasteiger partial charge in [0.2, 0.25) is 5.91 Å². The summed E-state index contributed by atoms with van der Waals surface area (Å²) in [5, 5.41) is 10.2. The molecule has 1 aliphatic rings. The lowest BCUT2D eigenvalue weighted by Crippen LogP contribution is -2.46. The van der Waals surface area contributed by atoms with E-state index < -0.39 is 11.0 Å². The number of morpholine rings is 1. The maximum absolute atomic E-state index is 13.7. The van der Waals surface area contributed by atoms with Gasteiger partial charge in [-0.3, -0.25) is 9.69 Å². The Labute approximate surface area is 254 Å². The van der Waals surface area contributed by atoms with Crippen LogP contribution < -0.4 is 9.62 Å². The third-order valence-corrected chi connectivity index (χ3v) is 8.27. The Bertz CT molecular complexity index is 1410. The number of rotatable bonds is 11. The molecule has 1 fully saturated rings. The zero-order valence-corrected chi connectivity index (χ0v) is 25.4. The maximum atomic E-state index is 13.7. The predicted octanol–water partition coefficient (Wildman–Crippen LogP) is 5.23. The van der Waals surface area contributed by atoms with Gasteiger partial charge in [0, 0.05) is 44.3 Å². The quantitative estimate of drug-likeness (QED) is 0.298. The van der Waals surface area contributed by atoms with E-state index >= 15 is 0 Å². The molecule has 1 saturated heterocycles. The molecule has 2 unspecified atom stereocenters. The summed E-state index contributed by atoms with van der Waals surface area (Å²) >= 11 is 12.3. The fourth-order valence-electron chi connectivity index (χ4n) is 4.76. The highest BCUT2D eigenvalue weighted by Gasteiger charge is 2.27. The molecule has 0 spiro atoms. The van der Waals surface area contributed by atoms with Crippen LogP contribution in [0.4, 0.5) is 11.4 Å². The van der Waals surface area contributed by atoms with Crippen LogP contribution in [0.1, 0.15) is 11.6 Å². The van der Waals surface area contributed by atoms with Crippen molar-refractivity contribution in [1.29, 1.82) is 5.26 Å². The zero-order chi connectivity index (χ0) is 29.4. The molecule has 0 aromatic heterocycles. The number of halogens is 2. The van der Waals surface area contributed by atoms with Crippen molar-refractivity contribution < 1.29 is 13.7 Å². The van der Waals surface area contributed by atoms with Gasteiger partial charge in [-0.25, -0.2) is 4.21 Å². The van der Waals surface area contributed by atoms with Crippen molar-refractivity contribution in [3.63, 3.8) is 0 Å². The molecular weight excluding hydrogens is 581 g/mol. The monoisotopic (exact) mass is 613 g/mol. The first-order valence-electron chi connectivity index (χ1n) is 13.2. The van der Waals surface area contributed by atoms with Gasteiger partial charge in [0.1, 0.15) is 17.5 Å². The van der Waals surface area contributed by atoms with Crippen LogP contribution in [0.25, 0.3) is 11.1 Å². The molecule has 1 aliphatic heterocycles. The van der Waals surface area contributed by atoms with E-state index in [1.54, 1.807) is 41.3 Å². The third kappa shape index (κ3) is 8.44. The fraction of sp³-hybridized carbons (Fsp3) is 0.333. The molecule has 1 amide bonds. The van der Waals surface area contributed by atoms with E-state index in [0.717, 1.165) is 35.5 Å². The van der Waals surface area contributed by atoms with Crippen LogP contribution in [-0.4, -0.2) is 79.2 Å². The van der Waals surface area contributed by atoms with Gasteiger partial charge in [-0.15, -0.1) is 0 Å². The van der Waals surface area contributed by atoms with E-state index in [9.17, 15) is 14.3 Å². The number of hydrogen-bond acceptors (Lipinski definition) is 6. The van der Waals surface area contributed by atoms with Crippen molar-refractivity contribution in [2.45, 2.75) is 6.04 Å². The molecule has 1 N–H and O–H groups in total. The lowest BCUT2D eigenvalue weighted by Gasteiger charge is -2.36. The van der Waals surface area contributed by atoms with Crippen molar-refractivity contribution in [3.8, 4) is 17.2 Å². The van der Waals surface area contributed by atoms with Gasteiger partial charge >= 0.3 is 0 Å². The smallest absolute Gasteiger partial charge is 0.242 e. The number of nitrogens with one attached hydrogen (secondary N) is 1. The molecule has 4 rings (SSSR count). The Balaban J connectivity index is 1.57. The largest absolute Gasteiger partial charge is 0.379 e.